The Morgan fingerprint density at radius 3 is 2.81 bits per heavy atom. The van der Waals surface area contributed by atoms with E-state index in [1.54, 1.807) is 6.20 Å². The van der Waals surface area contributed by atoms with Crippen LogP contribution in [0.1, 0.15) is 28.9 Å². The standard InChI is InChI=1S/C19H17F2N3O3/c20-13-6-7-15(16(21)10-13)19(26)22-8-3-5-18(25)27-12-14-11-24-9-2-1-4-17(24)23-14/h1-2,4,6-7,9-11H,3,5,8,12H2,(H,22,26). The van der Waals surface area contributed by atoms with Gasteiger partial charge >= 0.3 is 5.97 Å². The molecule has 2 heterocycles. The van der Waals surface area contributed by atoms with E-state index in [0.717, 1.165) is 17.8 Å². The average Bonchev–Trinajstić information content (AvgIpc) is 3.06. The maximum atomic E-state index is 13.5. The van der Waals surface area contributed by atoms with Gasteiger partial charge in [0, 0.05) is 31.4 Å². The quantitative estimate of drug-likeness (QED) is 0.511. The highest BCUT2D eigenvalue weighted by Gasteiger charge is 2.12. The lowest BCUT2D eigenvalue weighted by atomic mass is 10.2. The molecule has 1 N–H and O–H groups in total. The largest absolute Gasteiger partial charge is 0.459 e. The zero-order valence-electron chi connectivity index (χ0n) is 14.3. The predicted octanol–water partition coefficient (Wildman–Crippen LogP) is 2.87. The van der Waals surface area contributed by atoms with Gasteiger partial charge in [0.25, 0.3) is 5.91 Å². The Labute approximate surface area is 153 Å². The third-order valence-electron chi connectivity index (χ3n) is 3.81. The first kappa shape index (κ1) is 18.5. The number of benzene rings is 1. The molecule has 0 radical (unpaired) electrons. The lowest BCUT2D eigenvalue weighted by Crippen LogP contribution is -2.26. The minimum atomic E-state index is -0.931. The second-order valence-electron chi connectivity index (χ2n) is 5.84. The zero-order valence-corrected chi connectivity index (χ0v) is 14.3. The van der Waals surface area contributed by atoms with Crippen LogP contribution < -0.4 is 5.32 Å². The number of imidazole rings is 1. The van der Waals surface area contributed by atoms with Crippen molar-refractivity contribution in [1.29, 1.82) is 0 Å². The smallest absolute Gasteiger partial charge is 0.306 e. The van der Waals surface area contributed by atoms with E-state index in [2.05, 4.69) is 10.3 Å². The van der Waals surface area contributed by atoms with E-state index in [0.29, 0.717) is 18.2 Å². The van der Waals surface area contributed by atoms with Crippen LogP contribution in [0.4, 0.5) is 8.78 Å². The molecule has 3 aromatic rings. The third-order valence-corrected chi connectivity index (χ3v) is 3.81. The number of fused-ring (bicyclic) bond motifs is 1. The summed E-state index contributed by atoms with van der Waals surface area (Å²) in [5, 5.41) is 2.48. The van der Waals surface area contributed by atoms with Gasteiger partial charge in [0.1, 0.15) is 23.9 Å². The lowest BCUT2D eigenvalue weighted by molar-refractivity contribution is -0.145. The zero-order chi connectivity index (χ0) is 19.2. The van der Waals surface area contributed by atoms with Crippen LogP contribution in [0, 0.1) is 11.6 Å². The second-order valence-corrected chi connectivity index (χ2v) is 5.84. The molecule has 3 rings (SSSR count). The van der Waals surface area contributed by atoms with Gasteiger partial charge in [0.05, 0.1) is 11.3 Å². The van der Waals surface area contributed by atoms with E-state index < -0.39 is 23.5 Å². The number of rotatable bonds is 7. The van der Waals surface area contributed by atoms with Crippen LogP contribution >= 0.6 is 0 Å². The topological polar surface area (TPSA) is 72.7 Å². The number of pyridine rings is 1. The number of nitrogens with zero attached hydrogens (tertiary/aromatic N) is 2. The number of esters is 1. The van der Waals surface area contributed by atoms with Crippen molar-refractivity contribution in [3.63, 3.8) is 0 Å². The van der Waals surface area contributed by atoms with Crippen molar-refractivity contribution in [3.05, 3.63) is 71.7 Å². The number of amides is 1. The molecule has 1 amide bonds. The Bertz CT molecular complexity index is 939. The molecular weight excluding hydrogens is 356 g/mol. The predicted molar refractivity (Wildman–Crippen MR) is 92.9 cm³/mol. The summed E-state index contributed by atoms with van der Waals surface area (Å²) in [7, 11) is 0. The number of halogens is 2. The summed E-state index contributed by atoms with van der Waals surface area (Å²) in [5.74, 6) is -2.77. The number of carbonyl (C=O) groups is 2. The van der Waals surface area contributed by atoms with E-state index >= 15 is 0 Å². The number of nitrogens with one attached hydrogen (secondary N) is 1. The van der Waals surface area contributed by atoms with E-state index in [4.69, 9.17) is 4.74 Å². The maximum Gasteiger partial charge on any atom is 0.306 e. The van der Waals surface area contributed by atoms with Crippen LogP contribution in [0.15, 0.2) is 48.8 Å². The van der Waals surface area contributed by atoms with Crippen LogP contribution in [0.2, 0.25) is 0 Å². The molecule has 0 saturated carbocycles. The molecule has 27 heavy (non-hydrogen) atoms. The fraction of sp³-hybridized carbons (Fsp3) is 0.211. The first-order chi connectivity index (χ1) is 13.0. The molecule has 6 nitrogen and oxygen atoms in total. The summed E-state index contributed by atoms with van der Waals surface area (Å²) in [4.78, 5) is 27.9. The van der Waals surface area contributed by atoms with Crippen molar-refractivity contribution >= 4 is 17.5 Å². The van der Waals surface area contributed by atoms with Gasteiger partial charge in [-0.3, -0.25) is 9.59 Å². The Kier molecular flexibility index (Phi) is 5.75. The van der Waals surface area contributed by atoms with E-state index in [9.17, 15) is 18.4 Å². The average molecular weight is 373 g/mol. The highest BCUT2D eigenvalue weighted by atomic mass is 19.1. The molecule has 0 bridgehead atoms. The molecule has 2 aromatic heterocycles. The Morgan fingerprint density at radius 2 is 2.04 bits per heavy atom. The van der Waals surface area contributed by atoms with Gasteiger partial charge < -0.3 is 14.5 Å². The summed E-state index contributed by atoms with van der Waals surface area (Å²) in [6, 6.07) is 8.31. The maximum absolute atomic E-state index is 13.5. The minimum Gasteiger partial charge on any atom is -0.459 e. The van der Waals surface area contributed by atoms with Gasteiger partial charge in [-0.15, -0.1) is 0 Å². The molecule has 8 heteroatoms. The van der Waals surface area contributed by atoms with Crippen LogP contribution in [0.3, 0.4) is 0 Å². The normalized spacial score (nSPS) is 10.7. The van der Waals surface area contributed by atoms with E-state index in [1.807, 2.05) is 28.8 Å². The van der Waals surface area contributed by atoms with Crippen molar-refractivity contribution in [2.75, 3.05) is 6.54 Å². The Hall–Kier alpha value is -3.29. The number of hydrogen-bond donors (Lipinski definition) is 1. The highest BCUT2D eigenvalue weighted by molar-refractivity contribution is 5.94. The fourth-order valence-corrected chi connectivity index (χ4v) is 2.49. The van der Waals surface area contributed by atoms with Gasteiger partial charge in [-0.25, -0.2) is 13.8 Å². The Balaban J connectivity index is 1.38. The molecule has 0 unspecified atom stereocenters. The van der Waals surface area contributed by atoms with Gasteiger partial charge in [0.15, 0.2) is 0 Å². The summed E-state index contributed by atoms with van der Waals surface area (Å²) in [5.41, 5.74) is 1.15. The van der Waals surface area contributed by atoms with Crippen molar-refractivity contribution in [3.8, 4) is 0 Å². The second kappa shape index (κ2) is 8.39. The third kappa shape index (κ3) is 4.87. The number of carbonyl (C=O) groups excluding carboxylic acids is 2. The molecular formula is C19H17F2N3O3. The molecule has 1 aromatic carbocycles. The van der Waals surface area contributed by atoms with Gasteiger partial charge in [-0.05, 0) is 30.7 Å². The summed E-state index contributed by atoms with van der Waals surface area (Å²) in [6.07, 6.45) is 4.05. The van der Waals surface area contributed by atoms with E-state index in [1.165, 1.54) is 0 Å². The molecule has 0 fully saturated rings. The van der Waals surface area contributed by atoms with Crippen LogP contribution in [-0.2, 0) is 16.1 Å². The van der Waals surface area contributed by atoms with Crippen LogP contribution in [0.5, 0.6) is 0 Å². The lowest BCUT2D eigenvalue weighted by Gasteiger charge is -2.06. The van der Waals surface area contributed by atoms with Crippen LogP contribution in [0.25, 0.3) is 5.65 Å². The summed E-state index contributed by atoms with van der Waals surface area (Å²) >= 11 is 0. The molecule has 0 aliphatic heterocycles. The number of ether oxygens (including phenoxy) is 1. The molecule has 0 saturated heterocycles. The highest BCUT2D eigenvalue weighted by Crippen LogP contribution is 2.09. The van der Waals surface area contributed by atoms with Crippen molar-refractivity contribution < 1.29 is 23.1 Å². The summed E-state index contributed by atoms with van der Waals surface area (Å²) in [6.45, 7) is 0.229. The molecule has 0 aliphatic carbocycles. The number of hydrogen-bond acceptors (Lipinski definition) is 4. The first-order valence-electron chi connectivity index (χ1n) is 8.34. The molecule has 0 atom stereocenters. The molecule has 0 spiro atoms. The van der Waals surface area contributed by atoms with Crippen molar-refractivity contribution in [1.82, 2.24) is 14.7 Å². The van der Waals surface area contributed by atoms with E-state index in [-0.39, 0.29) is 25.1 Å². The minimum absolute atomic E-state index is 0.0632. The first-order valence-corrected chi connectivity index (χ1v) is 8.34. The summed E-state index contributed by atoms with van der Waals surface area (Å²) < 4.78 is 33.3. The van der Waals surface area contributed by atoms with Gasteiger partial charge in [-0.2, -0.15) is 0 Å². The molecule has 0 aliphatic rings. The SMILES string of the molecule is O=C(CCCNC(=O)c1ccc(F)cc1F)OCc1cn2ccccc2n1. The number of aromatic nitrogens is 2. The monoisotopic (exact) mass is 373 g/mol. The van der Waals surface area contributed by atoms with Crippen LogP contribution in [-0.4, -0.2) is 27.8 Å². The fourth-order valence-electron chi connectivity index (χ4n) is 2.49. The van der Waals surface area contributed by atoms with Gasteiger partial charge in [0.2, 0.25) is 0 Å². The molecule has 140 valence electrons. The Morgan fingerprint density at radius 1 is 1.19 bits per heavy atom. The van der Waals surface area contributed by atoms with Crippen molar-refractivity contribution in [2.24, 2.45) is 0 Å². The van der Waals surface area contributed by atoms with Crippen molar-refractivity contribution in [2.45, 2.75) is 19.4 Å². The van der Waals surface area contributed by atoms with Gasteiger partial charge in [-0.1, -0.05) is 6.07 Å².